The maximum atomic E-state index is 9.36. The van der Waals surface area contributed by atoms with Crippen LogP contribution >= 0.6 is 11.8 Å². The second-order valence-electron chi connectivity index (χ2n) is 8.17. The molecule has 0 bridgehead atoms. The zero-order chi connectivity index (χ0) is 24.5. The Balaban J connectivity index is 1.84. The second-order valence-corrected chi connectivity index (χ2v) is 9.25. The van der Waals surface area contributed by atoms with Crippen molar-refractivity contribution in [3.05, 3.63) is 72.3 Å². The van der Waals surface area contributed by atoms with Gasteiger partial charge in [0.1, 0.15) is 5.75 Å². The van der Waals surface area contributed by atoms with Gasteiger partial charge in [0.05, 0.1) is 21.3 Å². The van der Waals surface area contributed by atoms with Crippen LogP contribution in [0.3, 0.4) is 0 Å². The van der Waals surface area contributed by atoms with Gasteiger partial charge in [0.25, 0.3) is 0 Å². The third-order valence-electron chi connectivity index (χ3n) is 6.17. The minimum absolute atomic E-state index is 0.382. The molecule has 1 N–H and O–H groups in total. The molecule has 0 radical (unpaired) electrons. The fourth-order valence-corrected chi connectivity index (χ4v) is 5.64. The van der Waals surface area contributed by atoms with Crippen LogP contribution in [0.25, 0.3) is 32.3 Å². The number of aliphatic hydroxyl groups is 1. The summed E-state index contributed by atoms with van der Waals surface area (Å²) in [5, 5.41) is 15.7. The van der Waals surface area contributed by atoms with Crippen LogP contribution in [0.4, 0.5) is 0 Å². The normalized spacial score (nSPS) is 11.2. The van der Waals surface area contributed by atoms with Crippen molar-refractivity contribution in [3.8, 4) is 23.0 Å². The van der Waals surface area contributed by atoms with E-state index in [9.17, 15) is 5.11 Å². The molecule has 178 valence electrons. The smallest absolute Gasteiger partial charge is 0.203 e. The number of fused-ring (bicyclic) bond motifs is 3. The number of rotatable bonds is 7. The molecule has 0 fully saturated rings. The molecular formula is C29H26O5S. The Morgan fingerprint density at radius 1 is 0.686 bits per heavy atom. The number of hydrogen-bond acceptors (Lipinski definition) is 6. The average molecular weight is 487 g/mol. The molecule has 0 aliphatic heterocycles. The topological polar surface area (TPSA) is 57.2 Å². The lowest BCUT2D eigenvalue weighted by Crippen LogP contribution is -1.98. The molecule has 0 heterocycles. The quantitative estimate of drug-likeness (QED) is 0.198. The molecule has 0 saturated heterocycles. The van der Waals surface area contributed by atoms with E-state index in [1.54, 1.807) is 33.1 Å². The van der Waals surface area contributed by atoms with E-state index < -0.39 is 0 Å². The molecule has 0 aromatic heterocycles. The first-order valence-electron chi connectivity index (χ1n) is 11.2. The first-order chi connectivity index (χ1) is 17.1. The molecule has 5 nitrogen and oxygen atoms in total. The number of aryl methyl sites for hydroxylation is 1. The summed E-state index contributed by atoms with van der Waals surface area (Å²) >= 11 is 1.70. The maximum Gasteiger partial charge on any atom is 0.203 e. The molecule has 5 rings (SSSR count). The maximum absolute atomic E-state index is 9.36. The molecule has 0 aliphatic rings. The summed E-state index contributed by atoms with van der Waals surface area (Å²) in [7, 11) is 4.87. The van der Waals surface area contributed by atoms with E-state index in [-0.39, 0.29) is 6.79 Å². The Morgan fingerprint density at radius 2 is 1.46 bits per heavy atom. The van der Waals surface area contributed by atoms with Crippen LogP contribution < -0.4 is 18.9 Å². The van der Waals surface area contributed by atoms with E-state index in [2.05, 4.69) is 48.5 Å². The highest BCUT2D eigenvalue weighted by Crippen LogP contribution is 2.49. The standard InChI is InChI=1S/C29H26O5S/c1-17-11-22-20(14-25(17)34-16-30)13-23-24(15-26(31-2)28(33-4)27(23)32-3)29(22)35-21-10-9-18-7-5-6-8-19(18)12-21/h5-15,30H,16H2,1-4H3. The van der Waals surface area contributed by atoms with Crippen molar-refractivity contribution in [2.24, 2.45) is 0 Å². The molecular weight excluding hydrogens is 460 g/mol. The van der Waals surface area contributed by atoms with E-state index in [0.717, 1.165) is 36.9 Å². The predicted octanol–water partition coefficient (Wildman–Crippen LogP) is 6.96. The third-order valence-corrected chi connectivity index (χ3v) is 7.30. The molecule has 0 saturated carbocycles. The van der Waals surface area contributed by atoms with Crippen LogP contribution in [-0.2, 0) is 0 Å². The van der Waals surface area contributed by atoms with Crippen molar-refractivity contribution in [2.45, 2.75) is 16.7 Å². The van der Waals surface area contributed by atoms with Crippen LogP contribution in [-0.4, -0.2) is 33.2 Å². The van der Waals surface area contributed by atoms with Crippen molar-refractivity contribution in [1.82, 2.24) is 0 Å². The Hall–Kier alpha value is -3.61. The molecule has 0 spiro atoms. The third kappa shape index (κ3) is 4.09. The molecule has 35 heavy (non-hydrogen) atoms. The van der Waals surface area contributed by atoms with Gasteiger partial charge >= 0.3 is 0 Å². The predicted molar refractivity (Wildman–Crippen MR) is 142 cm³/mol. The zero-order valence-corrected chi connectivity index (χ0v) is 20.9. The number of methoxy groups -OCH3 is 3. The number of ether oxygens (including phenoxy) is 4. The van der Waals surface area contributed by atoms with Gasteiger partial charge in [-0.1, -0.05) is 42.1 Å². The van der Waals surface area contributed by atoms with E-state index in [1.807, 2.05) is 25.1 Å². The van der Waals surface area contributed by atoms with Gasteiger partial charge < -0.3 is 24.1 Å². The van der Waals surface area contributed by atoms with Crippen molar-refractivity contribution < 1.29 is 24.1 Å². The zero-order valence-electron chi connectivity index (χ0n) is 20.0. The molecule has 0 aliphatic carbocycles. The van der Waals surface area contributed by atoms with Gasteiger partial charge in [-0.15, -0.1) is 0 Å². The summed E-state index contributed by atoms with van der Waals surface area (Å²) < 4.78 is 22.6. The number of aliphatic hydroxyl groups excluding tert-OH is 1. The Bertz CT molecular complexity index is 1560. The fourth-order valence-electron chi connectivity index (χ4n) is 4.51. The summed E-state index contributed by atoms with van der Waals surface area (Å²) in [6.45, 7) is 1.60. The lowest BCUT2D eigenvalue weighted by Gasteiger charge is -2.19. The molecule has 5 aromatic carbocycles. The van der Waals surface area contributed by atoms with Gasteiger partial charge in [0.15, 0.2) is 18.3 Å². The summed E-state index contributed by atoms with van der Waals surface area (Å²) in [5.74, 6) is 2.39. The van der Waals surface area contributed by atoms with E-state index in [0.29, 0.717) is 23.0 Å². The Kier molecular flexibility index (Phi) is 6.32. The number of benzene rings is 5. The molecule has 0 atom stereocenters. The van der Waals surface area contributed by atoms with Crippen LogP contribution in [0.15, 0.2) is 76.5 Å². The second kappa shape index (κ2) is 9.56. The summed E-state index contributed by atoms with van der Waals surface area (Å²) in [4.78, 5) is 2.20. The SMILES string of the molecule is COc1cc2c(Sc3ccc4ccccc4c3)c3cc(C)c(OCO)cc3cc2c(OC)c1OC. The minimum Gasteiger partial charge on any atom is -0.493 e. The molecule has 6 heteroatoms. The minimum atomic E-state index is -0.382. The van der Waals surface area contributed by atoms with Gasteiger partial charge in [-0.25, -0.2) is 0 Å². The van der Waals surface area contributed by atoms with Crippen LogP contribution in [0.2, 0.25) is 0 Å². The number of hydrogen-bond donors (Lipinski definition) is 1. The van der Waals surface area contributed by atoms with E-state index in [1.165, 1.54) is 10.8 Å². The fraction of sp³-hybridized carbons (Fsp3) is 0.172. The van der Waals surface area contributed by atoms with Crippen molar-refractivity contribution in [1.29, 1.82) is 0 Å². The van der Waals surface area contributed by atoms with E-state index >= 15 is 0 Å². The summed E-state index contributed by atoms with van der Waals surface area (Å²) in [6.07, 6.45) is 0. The largest absolute Gasteiger partial charge is 0.493 e. The van der Waals surface area contributed by atoms with Crippen LogP contribution in [0, 0.1) is 6.92 Å². The van der Waals surface area contributed by atoms with Crippen molar-refractivity contribution in [2.75, 3.05) is 28.1 Å². The lowest BCUT2D eigenvalue weighted by molar-refractivity contribution is 0.0980. The monoisotopic (exact) mass is 486 g/mol. The Labute approximate surface area is 208 Å². The van der Waals surface area contributed by atoms with Gasteiger partial charge in [0, 0.05) is 20.6 Å². The molecule has 5 aromatic rings. The summed E-state index contributed by atoms with van der Waals surface area (Å²) in [5.41, 5.74) is 0.943. The van der Waals surface area contributed by atoms with Crippen LogP contribution in [0.5, 0.6) is 23.0 Å². The highest BCUT2D eigenvalue weighted by molar-refractivity contribution is 7.99. The first-order valence-corrected chi connectivity index (χ1v) is 12.0. The van der Waals surface area contributed by atoms with Crippen molar-refractivity contribution >= 4 is 44.1 Å². The average Bonchev–Trinajstić information content (AvgIpc) is 2.88. The lowest BCUT2D eigenvalue weighted by atomic mass is 9.99. The summed E-state index contributed by atoms with van der Waals surface area (Å²) in [6, 6.07) is 23.0. The van der Waals surface area contributed by atoms with Gasteiger partial charge in [-0.3, -0.25) is 0 Å². The molecule has 0 unspecified atom stereocenters. The molecule has 0 amide bonds. The van der Waals surface area contributed by atoms with Gasteiger partial charge in [0.2, 0.25) is 5.75 Å². The van der Waals surface area contributed by atoms with Crippen LogP contribution in [0.1, 0.15) is 5.56 Å². The Morgan fingerprint density at radius 3 is 2.17 bits per heavy atom. The van der Waals surface area contributed by atoms with E-state index in [4.69, 9.17) is 18.9 Å². The highest BCUT2D eigenvalue weighted by atomic mass is 32.2. The highest BCUT2D eigenvalue weighted by Gasteiger charge is 2.21. The van der Waals surface area contributed by atoms with Gasteiger partial charge in [-0.2, -0.15) is 0 Å². The first kappa shape index (κ1) is 23.1. The van der Waals surface area contributed by atoms with Crippen molar-refractivity contribution in [3.63, 3.8) is 0 Å². The van der Waals surface area contributed by atoms with Gasteiger partial charge in [-0.05, 0) is 70.4 Å².